The summed E-state index contributed by atoms with van der Waals surface area (Å²) in [6.45, 7) is 3.08. The van der Waals surface area contributed by atoms with E-state index < -0.39 is 0 Å². The molecule has 2 rings (SSSR count). The molecule has 1 atom stereocenters. The van der Waals surface area contributed by atoms with Crippen molar-refractivity contribution in [3.8, 4) is 0 Å². The summed E-state index contributed by atoms with van der Waals surface area (Å²) in [5.74, 6) is 0. The van der Waals surface area contributed by atoms with Crippen LogP contribution in [0.4, 0.5) is 0 Å². The summed E-state index contributed by atoms with van der Waals surface area (Å²) < 4.78 is 4.18. The molecule has 0 amide bonds. The maximum absolute atomic E-state index is 4.22. The standard InChI is InChI=1S/C12H15Br2N3S/c1-3-15-10(4-8-6-16-17(2)7-8)9-5-11(13)18-12(9)14/h5-7,10,15H,3-4H2,1-2H3. The van der Waals surface area contributed by atoms with E-state index in [9.17, 15) is 0 Å². The number of nitrogens with one attached hydrogen (secondary N) is 1. The van der Waals surface area contributed by atoms with Crippen LogP contribution in [0, 0.1) is 0 Å². The average Bonchev–Trinajstić information content (AvgIpc) is 2.84. The van der Waals surface area contributed by atoms with Gasteiger partial charge in [0.2, 0.25) is 0 Å². The summed E-state index contributed by atoms with van der Waals surface area (Å²) >= 11 is 8.88. The molecule has 2 aromatic rings. The van der Waals surface area contributed by atoms with Crippen molar-refractivity contribution in [1.82, 2.24) is 15.1 Å². The van der Waals surface area contributed by atoms with E-state index in [2.05, 4.69) is 61.5 Å². The molecular formula is C12H15Br2N3S. The van der Waals surface area contributed by atoms with Crippen LogP contribution in [0.15, 0.2) is 26.0 Å². The maximum Gasteiger partial charge on any atom is 0.0758 e. The van der Waals surface area contributed by atoms with Gasteiger partial charge in [0.1, 0.15) is 0 Å². The third kappa shape index (κ3) is 3.44. The molecule has 0 fully saturated rings. The minimum absolute atomic E-state index is 0.316. The third-order valence-corrected chi connectivity index (χ3v) is 5.09. The molecule has 1 unspecified atom stereocenters. The number of likely N-dealkylation sites (N-methyl/N-ethyl adjacent to an activating group) is 1. The van der Waals surface area contributed by atoms with Gasteiger partial charge in [0.25, 0.3) is 0 Å². The van der Waals surface area contributed by atoms with Crippen LogP contribution in [0.1, 0.15) is 24.1 Å². The molecule has 0 aliphatic carbocycles. The zero-order valence-electron chi connectivity index (χ0n) is 10.3. The third-order valence-electron chi connectivity index (χ3n) is 2.71. The fourth-order valence-electron chi connectivity index (χ4n) is 1.94. The number of aryl methyl sites for hydroxylation is 1. The van der Waals surface area contributed by atoms with Gasteiger partial charge in [-0.2, -0.15) is 5.10 Å². The Hall–Kier alpha value is -0.170. The Morgan fingerprint density at radius 1 is 1.50 bits per heavy atom. The van der Waals surface area contributed by atoms with Crippen LogP contribution in [0.5, 0.6) is 0 Å². The van der Waals surface area contributed by atoms with Gasteiger partial charge in [0.15, 0.2) is 0 Å². The van der Waals surface area contributed by atoms with Gasteiger partial charge in [-0.3, -0.25) is 4.68 Å². The summed E-state index contributed by atoms with van der Waals surface area (Å²) in [6, 6.07) is 2.49. The Morgan fingerprint density at radius 2 is 2.28 bits per heavy atom. The Labute approximate surface area is 128 Å². The van der Waals surface area contributed by atoms with Gasteiger partial charge in [-0.05, 0) is 62.0 Å². The van der Waals surface area contributed by atoms with Crippen LogP contribution in [-0.2, 0) is 13.5 Å². The zero-order valence-corrected chi connectivity index (χ0v) is 14.3. The molecule has 0 aliphatic heterocycles. The first-order valence-corrected chi connectivity index (χ1v) is 8.16. The number of hydrogen-bond donors (Lipinski definition) is 1. The van der Waals surface area contributed by atoms with E-state index >= 15 is 0 Å². The van der Waals surface area contributed by atoms with E-state index in [4.69, 9.17) is 0 Å². The number of rotatable bonds is 5. The van der Waals surface area contributed by atoms with Crippen LogP contribution in [-0.4, -0.2) is 16.3 Å². The lowest BCUT2D eigenvalue weighted by atomic mass is 10.0. The number of nitrogens with zero attached hydrogens (tertiary/aromatic N) is 2. The predicted octanol–water partition coefficient (Wildman–Crippen LogP) is 3.90. The van der Waals surface area contributed by atoms with Crippen molar-refractivity contribution in [2.45, 2.75) is 19.4 Å². The Kier molecular flexibility index (Phi) is 5.00. The molecule has 0 aromatic carbocycles. The van der Waals surface area contributed by atoms with Crippen LogP contribution in [0.25, 0.3) is 0 Å². The van der Waals surface area contributed by atoms with Gasteiger partial charge >= 0.3 is 0 Å². The first-order chi connectivity index (χ1) is 8.60. The first kappa shape index (κ1) is 14.2. The highest BCUT2D eigenvalue weighted by molar-refractivity contribution is 9.12. The van der Waals surface area contributed by atoms with Gasteiger partial charge in [0, 0.05) is 19.3 Å². The molecule has 0 bridgehead atoms. The topological polar surface area (TPSA) is 29.9 Å². The Morgan fingerprint density at radius 3 is 2.78 bits per heavy atom. The molecule has 0 saturated heterocycles. The van der Waals surface area contributed by atoms with Crippen molar-refractivity contribution in [3.05, 3.63) is 37.2 Å². The second kappa shape index (κ2) is 6.32. The normalized spacial score (nSPS) is 12.9. The highest BCUT2D eigenvalue weighted by Gasteiger charge is 2.17. The number of thiophene rings is 1. The van der Waals surface area contributed by atoms with Gasteiger partial charge in [-0.1, -0.05) is 6.92 Å². The molecule has 0 radical (unpaired) electrons. The summed E-state index contributed by atoms with van der Waals surface area (Å²) in [7, 11) is 1.95. The minimum atomic E-state index is 0.316. The molecule has 3 nitrogen and oxygen atoms in total. The molecule has 2 aromatic heterocycles. The number of aromatic nitrogens is 2. The average molecular weight is 393 g/mol. The van der Waals surface area contributed by atoms with Crippen molar-refractivity contribution < 1.29 is 0 Å². The maximum atomic E-state index is 4.22. The van der Waals surface area contributed by atoms with E-state index in [0.717, 1.165) is 16.8 Å². The summed E-state index contributed by atoms with van der Waals surface area (Å²) in [5.41, 5.74) is 2.55. The lowest BCUT2D eigenvalue weighted by Gasteiger charge is -2.16. The second-order valence-corrected chi connectivity index (χ2v) is 7.87. The molecular weight excluding hydrogens is 378 g/mol. The van der Waals surface area contributed by atoms with Crippen molar-refractivity contribution in [1.29, 1.82) is 0 Å². The van der Waals surface area contributed by atoms with Crippen LogP contribution >= 0.6 is 43.2 Å². The molecule has 2 heterocycles. The lowest BCUT2D eigenvalue weighted by molar-refractivity contribution is 0.549. The fourth-order valence-corrected chi connectivity index (χ4v) is 4.92. The number of halogens is 2. The molecule has 6 heteroatoms. The molecule has 18 heavy (non-hydrogen) atoms. The highest BCUT2D eigenvalue weighted by atomic mass is 79.9. The molecule has 0 aliphatic rings. The molecule has 0 saturated carbocycles. The zero-order chi connectivity index (χ0) is 13.1. The van der Waals surface area contributed by atoms with Crippen LogP contribution in [0.2, 0.25) is 0 Å². The number of hydrogen-bond acceptors (Lipinski definition) is 3. The van der Waals surface area contributed by atoms with E-state index in [-0.39, 0.29) is 0 Å². The van der Waals surface area contributed by atoms with Crippen LogP contribution < -0.4 is 5.32 Å². The summed E-state index contributed by atoms with van der Waals surface area (Å²) in [6.07, 6.45) is 4.95. The quantitative estimate of drug-likeness (QED) is 0.836. The predicted molar refractivity (Wildman–Crippen MR) is 83.0 cm³/mol. The van der Waals surface area contributed by atoms with Crippen molar-refractivity contribution in [2.24, 2.45) is 7.05 Å². The first-order valence-electron chi connectivity index (χ1n) is 5.75. The Bertz CT molecular complexity index is 521. The molecule has 98 valence electrons. The highest BCUT2D eigenvalue weighted by Crippen LogP contribution is 2.36. The van der Waals surface area contributed by atoms with Crippen LogP contribution in [0.3, 0.4) is 0 Å². The lowest BCUT2D eigenvalue weighted by Crippen LogP contribution is -2.22. The van der Waals surface area contributed by atoms with Gasteiger partial charge in [-0.15, -0.1) is 11.3 Å². The second-order valence-electron chi connectivity index (χ2n) is 4.12. The Balaban J connectivity index is 2.20. The summed E-state index contributed by atoms with van der Waals surface area (Å²) in [4.78, 5) is 0. The summed E-state index contributed by atoms with van der Waals surface area (Å²) in [5, 5.41) is 7.75. The van der Waals surface area contributed by atoms with Gasteiger partial charge < -0.3 is 5.32 Å². The van der Waals surface area contributed by atoms with E-state index in [1.807, 2.05) is 17.9 Å². The van der Waals surface area contributed by atoms with Crippen molar-refractivity contribution in [2.75, 3.05) is 6.54 Å². The van der Waals surface area contributed by atoms with Crippen molar-refractivity contribution in [3.63, 3.8) is 0 Å². The molecule has 1 N–H and O–H groups in total. The fraction of sp³-hybridized carbons (Fsp3) is 0.417. The molecule has 0 spiro atoms. The van der Waals surface area contributed by atoms with E-state index in [1.54, 1.807) is 11.3 Å². The van der Waals surface area contributed by atoms with E-state index in [1.165, 1.54) is 14.9 Å². The largest absolute Gasteiger partial charge is 0.310 e. The van der Waals surface area contributed by atoms with Gasteiger partial charge in [0.05, 0.1) is 13.8 Å². The smallest absolute Gasteiger partial charge is 0.0758 e. The van der Waals surface area contributed by atoms with Crippen molar-refractivity contribution >= 4 is 43.2 Å². The van der Waals surface area contributed by atoms with Gasteiger partial charge in [-0.25, -0.2) is 0 Å². The minimum Gasteiger partial charge on any atom is -0.310 e. The SMILES string of the molecule is CCNC(Cc1cnn(C)c1)c1cc(Br)sc1Br. The van der Waals surface area contributed by atoms with E-state index in [0.29, 0.717) is 6.04 Å². The monoisotopic (exact) mass is 391 g/mol.